The summed E-state index contributed by atoms with van der Waals surface area (Å²) in [7, 11) is 1.55. The number of thiocarbonyl (C=S) groups is 1. The SMILES string of the molecule is COc1ccccc1/C=C1/SC(=S)N([C@@H](CCSC)C(=O)[O-])C1=O. The monoisotopic (exact) mass is 382 g/mol. The van der Waals surface area contributed by atoms with Crippen molar-refractivity contribution in [2.24, 2.45) is 0 Å². The van der Waals surface area contributed by atoms with Crippen LogP contribution in [0.15, 0.2) is 29.2 Å². The molecule has 1 saturated heterocycles. The number of rotatable bonds is 7. The predicted octanol–water partition coefficient (Wildman–Crippen LogP) is 1.77. The van der Waals surface area contributed by atoms with Crippen LogP contribution in [0.1, 0.15) is 12.0 Å². The third-order valence-electron chi connectivity index (χ3n) is 3.43. The van der Waals surface area contributed by atoms with Crippen LogP contribution >= 0.6 is 35.7 Å². The number of benzene rings is 1. The number of thioether (sulfide) groups is 2. The second-order valence-electron chi connectivity index (χ2n) is 4.91. The average molecular weight is 383 g/mol. The molecule has 1 atom stereocenters. The van der Waals surface area contributed by atoms with Gasteiger partial charge in [-0.15, -0.1) is 0 Å². The number of methoxy groups -OCH3 is 1. The largest absolute Gasteiger partial charge is 0.548 e. The average Bonchev–Trinajstić information content (AvgIpc) is 2.83. The van der Waals surface area contributed by atoms with Gasteiger partial charge in [0.05, 0.1) is 24.0 Å². The minimum atomic E-state index is -1.29. The van der Waals surface area contributed by atoms with Crippen LogP contribution in [0.4, 0.5) is 0 Å². The van der Waals surface area contributed by atoms with E-state index in [-0.39, 0.29) is 10.7 Å². The Kier molecular flexibility index (Phi) is 6.70. The number of ether oxygens (including phenoxy) is 1. The summed E-state index contributed by atoms with van der Waals surface area (Å²) >= 11 is 7.81. The molecule has 5 nitrogen and oxygen atoms in total. The Hall–Kier alpha value is -1.51. The number of carboxylic acids is 1. The van der Waals surface area contributed by atoms with Gasteiger partial charge in [-0.25, -0.2) is 0 Å². The molecule has 0 aromatic heterocycles. The van der Waals surface area contributed by atoms with E-state index in [2.05, 4.69) is 0 Å². The highest BCUT2D eigenvalue weighted by molar-refractivity contribution is 8.26. The number of para-hydroxylation sites is 1. The first-order chi connectivity index (χ1) is 11.5. The number of carbonyl (C=O) groups excluding carboxylic acids is 2. The number of amides is 1. The normalized spacial score (nSPS) is 17.4. The zero-order chi connectivity index (χ0) is 17.7. The van der Waals surface area contributed by atoms with E-state index in [1.54, 1.807) is 19.3 Å². The van der Waals surface area contributed by atoms with Gasteiger partial charge in [0.15, 0.2) is 0 Å². The van der Waals surface area contributed by atoms with E-state index in [1.807, 2.05) is 24.5 Å². The quantitative estimate of drug-likeness (QED) is 0.526. The van der Waals surface area contributed by atoms with Gasteiger partial charge in [0.2, 0.25) is 0 Å². The number of carboxylic acid groups (broad SMARTS) is 1. The molecule has 1 aliphatic rings. The lowest BCUT2D eigenvalue weighted by Gasteiger charge is -2.27. The highest BCUT2D eigenvalue weighted by Crippen LogP contribution is 2.36. The van der Waals surface area contributed by atoms with E-state index >= 15 is 0 Å². The summed E-state index contributed by atoms with van der Waals surface area (Å²) in [5.74, 6) is -0.479. The molecule has 24 heavy (non-hydrogen) atoms. The maximum Gasteiger partial charge on any atom is 0.266 e. The molecular weight excluding hydrogens is 366 g/mol. The molecule has 1 aromatic rings. The molecule has 0 N–H and O–H groups in total. The van der Waals surface area contributed by atoms with Gasteiger partial charge in [-0.2, -0.15) is 11.8 Å². The fourth-order valence-corrected chi connectivity index (χ4v) is 4.06. The van der Waals surface area contributed by atoms with Crippen molar-refractivity contribution in [3.05, 3.63) is 34.7 Å². The summed E-state index contributed by atoms with van der Waals surface area (Å²) in [5, 5.41) is 11.4. The minimum absolute atomic E-state index is 0.233. The molecule has 1 heterocycles. The topological polar surface area (TPSA) is 69.7 Å². The van der Waals surface area contributed by atoms with Crippen molar-refractivity contribution >= 4 is 58.0 Å². The summed E-state index contributed by atoms with van der Waals surface area (Å²) in [6, 6.07) is 6.21. The van der Waals surface area contributed by atoms with Crippen LogP contribution in [0.3, 0.4) is 0 Å². The Morgan fingerprint density at radius 1 is 1.50 bits per heavy atom. The zero-order valence-corrected chi connectivity index (χ0v) is 15.6. The van der Waals surface area contributed by atoms with Gasteiger partial charge in [-0.1, -0.05) is 42.2 Å². The van der Waals surface area contributed by atoms with Crippen molar-refractivity contribution in [1.82, 2.24) is 4.90 Å². The second kappa shape index (κ2) is 8.55. The number of carbonyl (C=O) groups is 2. The lowest BCUT2D eigenvalue weighted by Crippen LogP contribution is -2.50. The van der Waals surface area contributed by atoms with Crippen molar-refractivity contribution in [3.63, 3.8) is 0 Å². The molecule has 1 aliphatic heterocycles. The molecule has 0 saturated carbocycles. The summed E-state index contributed by atoms with van der Waals surface area (Å²) in [6.45, 7) is 0. The van der Waals surface area contributed by atoms with Gasteiger partial charge in [-0.05, 0) is 30.6 Å². The zero-order valence-electron chi connectivity index (χ0n) is 13.2. The van der Waals surface area contributed by atoms with Gasteiger partial charge in [0.1, 0.15) is 10.1 Å². The smallest absolute Gasteiger partial charge is 0.266 e. The van der Waals surface area contributed by atoms with Gasteiger partial charge in [0.25, 0.3) is 5.91 Å². The number of hydrogen-bond acceptors (Lipinski definition) is 7. The Labute approximate surface area is 154 Å². The molecule has 0 aliphatic carbocycles. The molecule has 0 unspecified atom stereocenters. The summed E-state index contributed by atoms with van der Waals surface area (Å²) in [4.78, 5) is 25.6. The van der Waals surface area contributed by atoms with Crippen LogP contribution < -0.4 is 9.84 Å². The number of aliphatic carboxylic acids is 1. The van der Waals surface area contributed by atoms with Crippen LogP contribution in [0, 0.1) is 0 Å². The first-order valence-electron chi connectivity index (χ1n) is 7.09. The van der Waals surface area contributed by atoms with Crippen molar-refractivity contribution < 1.29 is 19.4 Å². The molecule has 0 spiro atoms. The van der Waals surface area contributed by atoms with E-state index in [0.717, 1.165) is 22.2 Å². The third kappa shape index (κ3) is 4.12. The Morgan fingerprint density at radius 3 is 2.83 bits per heavy atom. The molecule has 1 fully saturated rings. The van der Waals surface area contributed by atoms with Gasteiger partial charge >= 0.3 is 0 Å². The molecule has 0 radical (unpaired) electrons. The molecule has 0 bridgehead atoms. The highest BCUT2D eigenvalue weighted by Gasteiger charge is 2.37. The van der Waals surface area contributed by atoms with E-state index in [1.165, 1.54) is 11.8 Å². The summed E-state index contributed by atoms with van der Waals surface area (Å²) < 4.78 is 5.50. The standard InChI is InChI=1S/C16H17NO4S3/c1-21-12-6-4-3-5-10(12)9-13-14(18)17(16(22)24-13)11(15(19)20)7-8-23-2/h3-6,9,11H,7-8H2,1-2H3,(H,19,20)/p-1/b13-9+/t11-/m0/s1. The fourth-order valence-electron chi connectivity index (χ4n) is 2.26. The van der Waals surface area contributed by atoms with E-state index in [9.17, 15) is 14.7 Å². The second-order valence-corrected chi connectivity index (χ2v) is 7.57. The minimum Gasteiger partial charge on any atom is -0.548 e. The molecule has 128 valence electrons. The molecule has 1 aromatic carbocycles. The van der Waals surface area contributed by atoms with Crippen LogP contribution in [0.2, 0.25) is 0 Å². The Balaban J connectivity index is 2.30. The van der Waals surface area contributed by atoms with Crippen LogP contribution in [0.25, 0.3) is 6.08 Å². The van der Waals surface area contributed by atoms with Crippen molar-refractivity contribution in [3.8, 4) is 5.75 Å². The van der Waals surface area contributed by atoms with E-state index < -0.39 is 17.9 Å². The third-order valence-corrected chi connectivity index (χ3v) is 5.40. The van der Waals surface area contributed by atoms with Crippen molar-refractivity contribution in [2.75, 3.05) is 19.1 Å². The summed E-state index contributed by atoms with van der Waals surface area (Å²) in [6.07, 6.45) is 3.83. The van der Waals surface area contributed by atoms with Gasteiger partial charge in [0, 0.05) is 5.56 Å². The first kappa shape index (κ1) is 18.8. The maximum atomic E-state index is 12.6. The first-order valence-corrected chi connectivity index (χ1v) is 9.71. The van der Waals surface area contributed by atoms with Crippen LogP contribution in [0.5, 0.6) is 5.75 Å². The number of hydrogen-bond donors (Lipinski definition) is 0. The molecule has 1 amide bonds. The maximum absolute atomic E-state index is 12.6. The van der Waals surface area contributed by atoms with Gasteiger partial charge < -0.3 is 14.6 Å². The van der Waals surface area contributed by atoms with Crippen molar-refractivity contribution in [1.29, 1.82) is 0 Å². The lowest BCUT2D eigenvalue weighted by molar-refractivity contribution is -0.310. The Bertz CT molecular complexity index is 690. The molecule has 2 rings (SSSR count). The molecule has 8 heteroatoms. The van der Waals surface area contributed by atoms with Gasteiger partial charge in [-0.3, -0.25) is 9.69 Å². The highest BCUT2D eigenvalue weighted by atomic mass is 32.2. The van der Waals surface area contributed by atoms with Crippen LogP contribution in [-0.4, -0.2) is 46.3 Å². The lowest BCUT2D eigenvalue weighted by atomic mass is 10.1. The van der Waals surface area contributed by atoms with Crippen molar-refractivity contribution in [2.45, 2.75) is 12.5 Å². The summed E-state index contributed by atoms with van der Waals surface area (Å²) in [5.41, 5.74) is 0.731. The Morgan fingerprint density at radius 2 is 2.21 bits per heavy atom. The van der Waals surface area contributed by atoms with E-state index in [0.29, 0.717) is 16.4 Å². The molecular formula is C16H16NO4S3-. The fraction of sp³-hybridized carbons (Fsp3) is 0.312. The predicted molar refractivity (Wildman–Crippen MR) is 99.8 cm³/mol. The van der Waals surface area contributed by atoms with E-state index in [4.69, 9.17) is 17.0 Å². The van der Waals surface area contributed by atoms with Crippen LogP contribution in [-0.2, 0) is 9.59 Å². The number of nitrogens with zero attached hydrogens (tertiary/aromatic N) is 1.